The van der Waals surface area contributed by atoms with Crippen LogP contribution in [0, 0.1) is 5.92 Å². The molecule has 25 heavy (non-hydrogen) atoms. The van der Waals surface area contributed by atoms with Crippen LogP contribution in [0.1, 0.15) is 24.1 Å². The highest BCUT2D eigenvalue weighted by molar-refractivity contribution is 6.31. The zero-order valence-corrected chi connectivity index (χ0v) is 15.4. The predicted octanol–water partition coefficient (Wildman–Crippen LogP) is 4.12. The van der Waals surface area contributed by atoms with Gasteiger partial charge in [0.15, 0.2) is 0 Å². The Hall–Kier alpha value is -2.20. The molecule has 4 nitrogen and oxygen atoms in total. The fourth-order valence-electron chi connectivity index (χ4n) is 3.16. The normalized spacial score (nSPS) is 17.2. The van der Waals surface area contributed by atoms with Crippen molar-refractivity contribution in [1.82, 2.24) is 4.90 Å². The fourth-order valence-corrected chi connectivity index (χ4v) is 3.45. The molecule has 0 fully saturated rings. The minimum atomic E-state index is -0.213. The first-order valence-electron chi connectivity index (χ1n) is 8.32. The first-order valence-corrected chi connectivity index (χ1v) is 8.70. The molecular weight excluding hydrogens is 338 g/mol. The molecular formula is C20H22ClNO3. The van der Waals surface area contributed by atoms with Crippen molar-refractivity contribution in [3.05, 3.63) is 58.6 Å². The van der Waals surface area contributed by atoms with Crippen molar-refractivity contribution in [2.75, 3.05) is 20.8 Å². The number of hydrogen-bond donors (Lipinski definition) is 0. The second kappa shape index (κ2) is 7.36. The summed E-state index contributed by atoms with van der Waals surface area (Å²) in [6, 6.07) is 13.2. The molecule has 2 aromatic carbocycles. The molecule has 0 N–H and O–H groups in total. The number of carbonyl (C=O) groups excluding carboxylic acids is 1. The molecule has 2 unspecified atom stereocenters. The van der Waals surface area contributed by atoms with Gasteiger partial charge in [0.05, 0.1) is 19.1 Å². The number of ether oxygens (including phenoxy) is 2. The molecule has 0 saturated carbocycles. The Kier molecular flexibility index (Phi) is 5.19. The maximum Gasteiger partial charge on any atom is 0.229 e. The average Bonchev–Trinajstić information content (AvgIpc) is 2.65. The highest BCUT2D eigenvalue weighted by atomic mass is 35.5. The van der Waals surface area contributed by atoms with Gasteiger partial charge >= 0.3 is 0 Å². The van der Waals surface area contributed by atoms with E-state index in [2.05, 4.69) is 0 Å². The molecule has 0 aliphatic carbocycles. The van der Waals surface area contributed by atoms with E-state index >= 15 is 0 Å². The third kappa shape index (κ3) is 3.59. The quantitative estimate of drug-likeness (QED) is 0.824. The third-order valence-corrected chi connectivity index (χ3v) is 5.15. The molecule has 132 valence electrons. The van der Waals surface area contributed by atoms with Crippen LogP contribution < -0.4 is 9.47 Å². The Bertz CT molecular complexity index is 777. The van der Waals surface area contributed by atoms with Gasteiger partial charge in [-0.2, -0.15) is 0 Å². The number of amides is 1. The van der Waals surface area contributed by atoms with Gasteiger partial charge in [-0.15, -0.1) is 0 Å². The van der Waals surface area contributed by atoms with Gasteiger partial charge in [0.25, 0.3) is 0 Å². The van der Waals surface area contributed by atoms with E-state index in [-0.39, 0.29) is 17.9 Å². The summed E-state index contributed by atoms with van der Waals surface area (Å²) in [6.45, 7) is 2.37. The van der Waals surface area contributed by atoms with E-state index < -0.39 is 0 Å². The van der Waals surface area contributed by atoms with Gasteiger partial charge in [-0.25, -0.2) is 0 Å². The van der Waals surface area contributed by atoms with Gasteiger partial charge in [-0.3, -0.25) is 4.79 Å². The van der Waals surface area contributed by atoms with E-state index in [1.165, 1.54) is 0 Å². The summed E-state index contributed by atoms with van der Waals surface area (Å²) < 4.78 is 11.1. The van der Waals surface area contributed by atoms with Crippen molar-refractivity contribution >= 4 is 17.5 Å². The molecule has 0 bridgehead atoms. The van der Waals surface area contributed by atoms with E-state index in [4.69, 9.17) is 21.1 Å². The molecule has 2 atom stereocenters. The summed E-state index contributed by atoms with van der Waals surface area (Å²) in [6.07, 6.45) is 0.644. The third-order valence-electron chi connectivity index (χ3n) is 4.81. The van der Waals surface area contributed by atoms with Gasteiger partial charge in [0, 0.05) is 12.1 Å². The number of methoxy groups -OCH3 is 1. The smallest absolute Gasteiger partial charge is 0.229 e. The second-order valence-corrected chi connectivity index (χ2v) is 6.74. The van der Waals surface area contributed by atoms with Crippen LogP contribution in [0.2, 0.25) is 5.02 Å². The predicted molar refractivity (Wildman–Crippen MR) is 98.3 cm³/mol. The van der Waals surface area contributed by atoms with Crippen LogP contribution in [-0.2, 0) is 11.2 Å². The van der Waals surface area contributed by atoms with Crippen LogP contribution in [-0.4, -0.2) is 31.6 Å². The van der Waals surface area contributed by atoms with Crippen LogP contribution in [0.25, 0.3) is 0 Å². The Balaban J connectivity index is 1.75. The summed E-state index contributed by atoms with van der Waals surface area (Å²) in [7, 11) is 3.45. The van der Waals surface area contributed by atoms with E-state index in [0.29, 0.717) is 18.1 Å². The summed E-state index contributed by atoms with van der Waals surface area (Å²) in [5.74, 6) is 1.44. The minimum absolute atomic E-state index is 0.0564. The number of fused-ring (bicyclic) bond motifs is 1. The van der Waals surface area contributed by atoms with Crippen molar-refractivity contribution in [1.29, 1.82) is 0 Å². The second-order valence-electron chi connectivity index (χ2n) is 6.33. The summed E-state index contributed by atoms with van der Waals surface area (Å²) in [5.41, 5.74) is 1.95. The topological polar surface area (TPSA) is 38.8 Å². The number of hydrogen-bond acceptors (Lipinski definition) is 3. The van der Waals surface area contributed by atoms with Gasteiger partial charge < -0.3 is 14.4 Å². The van der Waals surface area contributed by atoms with Crippen LogP contribution in [0.5, 0.6) is 11.5 Å². The van der Waals surface area contributed by atoms with Crippen LogP contribution in [0.15, 0.2) is 42.5 Å². The standard InChI is InChI=1S/C20H22ClNO3/c1-13(17-6-4-5-7-18(17)21)22(2)20(23)15-10-14-11-16(24-3)8-9-19(14)25-12-15/h4-9,11,13,15H,10,12H2,1-3H3. The van der Waals surface area contributed by atoms with Crippen molar-refractivity contribution in [3.8, 4) is 11.5 Å². The monoisotopic (exact) mass is 359 g/mol. The van der Waals surface area contributed by atoms with E-state index in [1.807, 2.05) is 56.4 Å². The lowest BCUT2D eigenvalue weighted by molar-refractivity contribution is -0.137. The lowest BCUT2D eigenvalue weighted by Gasteiger charge is -2.32. The number of nitrogens with zero attached hydrogens (tertiary/aromatic N) is 1. The molecule has 1 aliphatic heterocycles. The Labute approximate surface area is 153 Å². The highest BCUT2D eigenvalue weighted by Gasteiger charge is 2.31. The fraction of sp³-hybridized carbons (Fsp3) is 0.350. The maximum absolute atomic E-state index is 13.0. The van der Waals surface area contributed by atoms with Crippen molar-refractivity contribution < 1.29 is 14.3 Å². The summed E-state index contributed by atoms with van der Waals surface area (Å²) in [5, 5.41) is 0.671. The molecule has 0 radical (unpaired) electrons. The number of carbonyl (C=O) groups is 1. The van der Waals surface area contributed by atoms with Crippen molar-refractivity contribution in [2.24, 2.45) is 5.92 Å². The molecule has 3 rings (SSSR count). The van der Waals surface area contributed by atoms with Crippen LogP contribution in [0.4, 0.5) is 0 Å². The Morgan fingerprint density at radius 2 is 2.08 bits per heavy atom. The lowest BCUT2D eigenvalue weighted by Crippen LogP contribution is -2.40. The van der Waals surface area contributed by atoms with Gasteiger partial charge in [0.1, 0.15) is 18.1 Å². The zero-order valence-electron chi connectivity index (χ0n) is 14.7. The largest absolute Gasteiger partial charge is 0.497 e. The highest BCUT2D eigenvalue weighted by Crippen LogP contribution is 2.33. The SMILES string of the molecule is COc1ccc2c(c1)CC(C(=O)N(C)C(C)c1ccccc1Cl)CO2. The van der Waals surface area contributed by atoms with Gasteiger partial charge in [0.2, 0.25) is 5.91 Å². The van der Waals surface area contributed by atoms with E-state index in [0.717, 1.165) is 22.6 Å². The molecule has 2 aromatic rings. The summed E-state index contributed by atoms with van der Waals surface area (Å²) in [4.78, 5) is 14.7. The van der Waals surface area contributed by atoms with E-state index in [1.54, 1.807) is 12.0 Å². The summed E-state index contributed by atoms with van der Waals surface area (Å²) >= 11 is 6.28. The first kappa shape index (κ1) is 17.6. The van der Waals surface area contributed by atoms with Gasteiger partial charge in [-0.05, 0) is 48.7 Å². The minimum Gasteiger partial charge on any atom is -0.497 e. The molecule has 1 aliphatic rings. The van der Waals surface area contributed by atoms with E-state index in [9.17, 15) is 4.79 Å². The van der Waals surface area contributed by atoms with Crippen molar-refractivity contribution in [2.45, 2.75) is 19.4 Å². The molecule has 0 spiro atoms. The maximum atomic E-state index is 13.0. The lowest BCUT2D eigenvalue weighted by atomic mass is 9.94. The van der Waals surface area contributed by atoms with Crippen LogP contribution in [0.3, 0.4) is 0 Å². The molecule has 1 heterocycles. The zero-order chi connectivity index (χ0) is 18.0. The Morgan fingerprint density at radius 3 is 2.80 bits per heavy atom. The number of benzene rings is 2. The van der Waals surface area contributed by atoms with Crippen LogP contribution >= 0.6 is 11.6 Å². The average molecular weight is 360 g/mol. The molecule has 0 saturated heterocycles. The van der Waals surface area contributed by atoms with Gasteiger partial charge in [-0.1, -0.05) is 29.8 Å². The van der Waals surface area contributed by atoms with Crippen molar-refractivity contribution in [3.63, 3.8) is 0 Å². The molecule has 5 heteroatoms. The first-order chi connectivity index (χ1) is 12.0. The Morgan fingerprint density at radius 1 is 1.32 bits per heavy atom. The number of halogens is 1. The number of rotatable bonds is 4. The molecule has 0 aromatic heterocycles. The molecule has 1 amide bonds.